The minimum atomic E-state index is -0.479. The number of allylic oxidation sites excluding steroid dienone is 1. The van der Waals surface area contributed by atoms with E-state index in [1.54, 1.807) is 13.0 Å². The summed E-state index contributed by atoms with van der Waals surface area (Å²) in [5, 5.41) is 1.47. The Morgan fingerprint density at radius 1 is 1.28 bits per heavy atom. The number of thiophene rings is 1. The monoisotopic (exact) mass is 416 g/mol. The van der Waals surface area contributed by atoms with Crippen molar-refractivity contribution >= 4 is 28.9 Å². The van der Waals surface area contributed by atoms with Gasteiger partial charge < -0.3 is 4.74 Å². The number of carbonyl (C=O) groups excluding carboxylic acids is 2. The van der Waals surface area contributed by atoms with Crippen molar-refractivity contribution in [1.82, 2.24) is 5.43 Å². The molecule has 0 spiro atoms. The summed E-state index contributed by atoms with van der Waals surface area (Å²) in [6.45, 7) is 14.0. The number of anilines is 1. The molecule has 1 aliphatic carbocycles. The van der Waals surface area contributed by atoms with Gasteiger partial charge in [-0.3, -0.25) is 10.2 Å². The zero-order chi connectivity index (χ0) is 21.8. The largest absolute Gasteiger partial charge is 0.465 e. The summed E-state index contributed by atoms with van der Waals surface area (Å²) in [5.74, 6) is 6.36. The van der Waals surface area contributed by atoms with Crippen molar-refractivity contribution in [3.05, 3.63) is 28.1 Å². The van der Waals surface area contributed by atoms with Gasteiger partial charge in [0.15, 0.2) is 0 Å². The van der Waals surface area contributed by atoms with E-state index in [2.05, 4.69) is 30.8 Å². The fourth-order valence-electron chi connectivity index (χ4n) is 3.21. The Kier molecular flexibility index (Phi) is 7.54. The fourth-order valence-corrected chi connectivity index (χ4v) is 4.13. The first-order valence-corrected chi connectivity index (χ1v) is 10.8. The molecule has 1 aromatic rings. The highest BCUT2D eigenvalue weighted by molar-refractivity contribution is 7.15. The zero-order valence-corrected chi connectivity index (χ0v) is 19.2. The van der Waals surface area contributed by atoms with Crippen LogP contribution in [0.2, 0.25) is 0 Å². The fraction of sp³-hybridized carbons (Fsp3) is 0.565. The van der Waals surface area contributed by atoms with Gasteiger partial charge in [0.1, 0.15) is 4.88 Å². The Balaban J connectivity index is 2.46. The first kappa shape index (κ1) is 23.0. The lowest BCUT2D eigenvalue weighted by Gasteiger charge is -2.31. The molecule has 1 heterocycles. The molecular weight excluding hydrogens is 384 g/mol. The lowest BCUT2D eigenvalue weighted by Crippen LogP contribution is -2.46. The average Bonchev–Trinajstić information content (AvgIpc) is 3.07. The van der Waals surface area contributed by atoms with Crippen LogP contribution in [0.3, 0.4) is 0 Å². The Morgan fingerprint density at radius 3 is 2.41 bits per heavy atom. The number of hydrogen-bond acceptors (Lipinski definition) is 5. The van der Waals surface area contributed by atoms with Crippen LogP contribution >= 0.6 is 11.3 Å². The summed E-state index contributed by atoms with van der Waals surface area (Å²) in [6.07, 6.45) is 3.77. The van der Waals surface area contributed by atoms with E-state index in [1.807, 2.05) is 20.8 Å². The number of hydrazine groups is 1. The quantitative estimate of drug-likeness (QED) is 0.411. The number of hydrogen-bond donors (Lipinski definition) is 1. The van der Waals surface area contributed by atoms with Crippen LogP contribution in [0, 0.1) is 29.1 Å². The molecule has 0 bridgehead atoms. The smallest absolute Gasteiger partial charge is 0.350 e. The van der Waals surface area contributed by atoms with E-state index in [0.717, 1.165) is 25.7 Å². The van der Waals surface area contributed by atoms with Gasteiger partial charge in [-0.15, -0.1) is 11.3 Å². The molecule has 29 heavy (non-hydrogen) atoms. The van der Waals surface area contributed by atoms with Crippen LogP contribution in [0.15, 0.2) is 18.3 Å². The molecule has 1 aliphatic rings. The molecule has 2 rings (SSSR count). The Morgan fingerprint density at radius 2 is 1.90 bits per heavy atom. The second-order valence-corrected chi connectivity index (χ2v) is 9.89. The first-order chi connectivity index (χ1) is 13.5. The number of rotatable bonds is 5. The van der Waals surface area contributed by atoms with Gasteiger partial charge >= 0.3 is 5.97 Å². The highest BCUT2D eigenvalue weighted by Crippen LogP contribution is 2.35. The summed E-state index contributed by atoms with van der Waals surface area (Å²) < 4.78 is 4.97. The Hall–Kier alpha value is -2.26. The molecule has 0 aromatic carbocycles. The van der Waals surface area contributed by atoms with E-state index in [0.29, 0.717) is 27.1 Å². The molecule has 0 aliphatic heterocycles. The maximum atomic E-state index is 13.4. The van der Waals surface area contributed by atoms with Gasteiger partial charge in [0, 0.05) is 17.0 Å². The lowest BCUT2D eigenvalue weighted by atomic mass is 9.82. The predicted molar refractivity (Wildman–Crippen MR) is 119 cm³/mol. The van der Waals surface area contributed by atoms with E-state index in [1.165, 1.54) is 23.5 Å². The second kappa shape index (κ2) is 9.49. The van der Waals surface area contributed by atoms with Gasteiger partial charge in [0.25, 0.3) is 0 Å². The Bertz CT molecular complexity index is 831. The number of esters is 1. The molecule has 1 amide bonds. The molecule has 1 fully saturated rings. The molecule has 0 saturated heterocycles. The number of carbonyl (C=O) groups is 2. The number of nitrogens with zero attached hydrogens (tertiary/aromatic N) is 1. The van der Waals surface area contributed by atoms with Gasteiger partial charge in [0.05, 0.1) is 17.7 Å². The SMILES string of the molecule is C=C(C)NN(C(=O)C1CCC(C)CC1)c1cc(C#CC(C)(C)C)sc1C(=O)OC. The molecule has 158 valence electrons. The van der Waals surface area contributed by atoms with Crippen LogP contribution in [-0.2, 0) is 9.53 Å². The summed E-state index contributed by atoms with van der Waals surface area (Å²) in [4.78, 5) is 26.9. The van der Waals surface area contributed by atoms with Crippen molar-refractivity contribution in [2.24, 2.45) is 17.3 Å². The zero-order valence-electron chi connectivity index (χ0n) is 18.3. The van der Waals surface area contributed by atoms with E-state index in [9.17, 15) is 9.59 Å². The minimum Gasteiger partial charge on any atom is -0.465 e. The van der Waals surface area contributed by atoms with Crippen LogP contribution < -0.4 is 10.4 Å². The lowest BCUT2D eigenvalue weighted by molar-refractivity contribution is -0.124. The highest BCUT2D eigenvalue weighted by Gasteiger charge is 2.32. The van der Waals surface area contributed by atoms with Crippen LogP contribution in [0.25, 0.3) is 0 Å². The molecule has 6 heteroatoms. The van der Waals surface area contributed by atoms with E-state index in [4.69, 9.17) is 4.74 Å². The third kappa shape index (κ3) is 6.37. The molecule has 1 saturated carbocycles. The minimum absolute atomic E-state index is 0.0433. The Labute approximate surface area is 178 Å². The van der Waals surface area contributed by atoms with E-state index in [-0.39, 0.29) is 17.2 Å². The van der Waals surface area contributed by atoms with Crippen LogP contribution in [0.5, 0.6) is 0 Å². The summed E-state index contributed by atoms with van der Waals surface area (Å²) in [5.41, 5.74) is 3.98. The van der Waals surface area contributed by atoms with E-state index >= 15 is 0 Å². The predicted octanol–water partition coefficient (Wildman–Crippen LogP) is 5.13. The average molecular weight is 417 g/mol. The van der Waals surface area contributed by atoms with Gasteiger partial charge in [-0.05, 0) is 65.4 Å². The van der Waals surface area contributed by atoms with Crippen molar-refractivity contribution in [3.63, 3.8) is 0 Å². The summed E-state index contributed by atoms with van der Waals surface area (Å²) in [6, 6.07) is 1.79. The summed E-state index contributed by atoms with van der Waals surface area (Å²) in [7, 11) is 1.34. The number of ether oxygens (including phenoxy) is 1. The normalized spacial score (nSPS) is 19.0. The molecule has 1 N–H and O–H groups in total. The highest BCUT2D eigenvalue weighted by atomic mass is 32.1. The molecule has 0 atom stereocenters. The number of nitrogens with one attached hydrogen (secondary N) is 1. The van der Waals surface area contributed by atoms with E-state index < -0.39 is 5.97 Å². The van der Waals surface area contributed by atoms with Crippen molar-refractivity contribution in [2.45, 2.75) is 60.3 Å². The van der Waals surface area contributed by atoms with Crippen molar-refractivity contribution in [2.75, 3.05) is 12.1 Å². The topological polar surface area (TPSA) is 58.6 Å². The maximum absolute atomic E-state index is 13.4. The van der Waals surface area contributed by atoms with Crippen molar-refractivity contribution in [1.29, 1.82) is 0 Å². The number of amides is 1. The van der Waals surface area contributed by atoms with Crippen LogP contribution in [0.4, 0.5) is 5.69 Å². The first-order valence-electron chi connectivity index (χ1n) is 10.0. The van der Waals surface area contributed by atoms with Crippen LogP contribution in [0.1, 0.15) is 74.9 Å². The number of methoxy groups -OCH3 is 1. The second-order valence-electron chi connectivity index (χ2n) is 8.84. The van der Waals surface area contributed by atoms with Crippen molar-refractivity contribution < 1.29 is 14.3 Å². The standard InChI is InChI=1S/C23H32N2O3S/c1-15(2)24-25(21(26)17-10-8-16(3)9-11-17)19-14-18(12-13-23(4,5)6)29-20(19)22(27)28-7/h14,16-17,24H,1,8-11H2,2-7H3. The van der Waals surface area contributed by atoms with Gasteiger partial charge in [0.2, 0.25) is 5.91 Å². The van der Waals surface area contributed by atoms with Gasteiger partial charge in [-0.1, -0.05) is 25.3 Å². The summed E-state index contributed by atoms with van der Waals surface area (Å²) >= 11 is 1.24. The van der Waals surface area contributed by atoms with Crippen molar-refractivity contribution in [3.8, 4) is 11.8 Å². The third-order valence-electron chi connectivity index (χ3n) is 4.77. The van der Waals surface area contributed by atoms with Crippen LogP contribution in [-0.4, -0.2) is 19.0 Å². The van der Waals surface area contributed by atoms with Gasteiger partial charge in [-0.2, -0.15) is 0 Å². The third-order valence-corrected chi connectivity index (χ3v) is 5.79. The molecule has 0 radical (unpaired) electrons. The molecule has 0 unspecified atom stereocenters. The maximum Gasteiger partial charge on any atom is 0.350 e. The molecular formula is C23H32N2O3S. The molecule has 1 aromatic heterocycles. The molecule has 5 nitrogen and oxygen atoms in total. The van der Waals surface area contributed by atoms with Gasteiger partial charge in [-0.25, -0.2) is 9.80 Å².